The van der Waals surface area contributed by atoms with Gasteiger partial charge in [-0.25, -0.2) is 24.4 Å². The van der Waals surface area contributed by atoms with Crippen molar-refractivity contribution in [3.63, 3.8) is 0 Å². The second-order valence-electron chi connectivity index (χ2n) is 25.4. The zero-order valence-electron chi connectivity index (χ0n) is 59.5. The molecule has 0 saturated heterocycles. The number of carboxylic acids is 5. The van der Waals surface area contributed by atoms with Gasteiger partial charge in [0.25, 0.3) is 11.5 Å². The summed E-state index contributed by atoms with van der Waals surface area (Å²) in [6, 6.07) is -4.61. The first-order valence-corrected chi connectivity index (χ1v) is 34.3. The molecule has 2 heterocycles. The number of anilines is 2. The van der Waals surface area contributed by atoms with Crippen LogP contribution in [-0.4, -0.2) is 345 Å². The van der Waals surface area contributed by atoms with Crippen LogP contribution in [0.3, 0.4) is 0 Å². The highest BCUT2D eigenvalue weighted by molar-refractivity contribution is 7.80. The van der Waals surface area contributed by atoms with Gasteiger partial charge in [0.2, 0.25) is 29.6 Å². The molecule has 30 N–H and O–H groups in total. The number of thiol groups is 1. The molecule has 2 aromatic heterocycles. The molecular formula is C64H93N11O36S. The summed E-state index contributed by atoms with van der Waals surface area (Å²) in [7, 11) is 0. The Balaban J connectivity index is 0.000000804. The molecule has 48 heteroatoms. The molecule has 0 bridgehead atoms. The van der Waals surface area contributed by atoms with Crippen molar-refractivity contribution >= 4 is 118 Å². The van der Waals surface area contributed by atoms with Gasteiger partial charge in [-0.2, -0.15) is 17.6 Å². The van der Waals surface area contributed by atoms with Gasteiger partial charge in [-0.1, -0.05) is 13.8 Å². The van der Waals surface area contributed by atoms with Gasteiger partial charge in [0.15, 0.2) is 22.7 Å². The standard InChI is InChI=1S/C38H51N9O18.C26H42N2O18S/c1-2-22(51)26(31(58)30(57)24(53)14-49)45-25(54)10-21(37(64)65)44-34(60)19(28(55)29(56)23(52)13-48)9-18(50)7-8-20(36(62)63)43-33(59)15-3-5-16(6-4-15)40-11-17-12-41-32-27(42-17)35(61)47-38(39)46-32;1-9(24(41)42)2-11(31)4-12(19(36)20(37)15(33)6-29)23(40)27-13(26(45)46)5-17(35)28-18(22(39)21(38)16(34)7-30)14(32)3-10(8-47)25(43)44/h3-6,12,19-21,23-24,26,28-31,40,48-49,52-53,55-58H,2,7-11,13-14H2,1H3,(H,43,59)(H,44,60)(H,45,54)(H,62,63)(H,64,65)(H3,39,41,46,47,61);9-10,12-13,15-16,18-22,29-30,33-34,36-39,47H,2-8H2,1H3,(H,27,40)(H,28,35)(H,41,42)(H,43,44)(H,45,46)/t19-,20-,21-,23+,24+,26+,28+,29+,30+,31+;9?,10-,12-,13-,15+,16+,18+,19+,20+,21+,22+/m00/s1. The highest BCUT2D eigenvalue weighted by Gasteiger charge is 2.44. The van der Waals surface area contributed by atoms with E-state index >= 15 is 0 Å². The number of Topliss-reactive ketones (excluding diaryl/α,β-unsaturated/α-hetero) is 4. The first-order valence-electron chi connectivity index (χ1n) is 33.6. The molecule has 0 spiro atoms. The SMILES string of the molecule is CC(CC(=O)C[C@H](C(=O)N[C@@H](CC(=O)N[C@H](C(=O)C[C@@H](CS)C(=O)O)[C@@H](O)[C@H](O)[C@H](O)CO)C(=O)O)[C@@H](O)[C@H](O)[C@H](O)CO)C(=O)O.CCC(=O)[C@@H](NC(=O)C[C@H](NC(=O)[C@@H](CC(=O)CC[C@H](NC(=O)c1ccc(NCc2cnc3nc(N)[nH]c(=O)c3n2)cc1)C(=O)O)[C@@H](O)[C@H](O)[C@H](O)CO)C(=O)O)[C@@H](O)[C@H](O)[C@H](O)CO. The number of benzene rings is 1. The van der Waals surface area contributed by atoms with E-state index in [0.29, 0.717) is 11.4 Å². The van der Waals surface area contributed by atoms with Gasteiger partial charge in [0, 0.05) is 55.5 Å². The first kappa shape index (κ1) is 98.2. The van der Waals surface area contributed by atoms with E-state index in [-0.39, 0.29) is 41.4 Å². The van der Waals surface area contributed by atoms with Crippen molar-refractivity contribution in [2.45, 2.75) is 182 Å². The van der Waals surface area contributed by atoms with Crippen LogP contribution in [0.25, 0.3) is 11.2 Å². The van der Waals surface area contributed by atoms with Gasteiger partial charge >= 0.3 is 29.8 Å². The smallest absolute Gasteiger partial charge is 0.326 e. The van der Waals surface area contributed by atoms with Crippen molar-refractivity contribution in [1.29, 1.82) is 0 Å². The minimum Gasteiger partial charge on any atom is -0.481 e. The number of carbonyl (C=O) groups is 14. The van der Waals surface area contributed by atoms with Crippen LogP contribution in [0.2, 0.25) is 0 Å². The number of fused-ring (bicyclic) bond motifs is 1. The number of carbonyl (C=O) groups excluding carboxylic acids is 9. The predicted octanol–water partition coefficient (Wildman–Crippen LogP) is -12.1. The summed E-state index contributed by atoms with van der Waals surface area (Å²) in [5, 5.41) is 219. The number of amides is 5. The molecule has 0 fully saturated rings. The number of ketones is 4. The van der Waals surface area contributed by atoms with Gasteiger partial charge in [-0.3, -0.25) is 62.5 Å². The molecule has 626 valence electrons. The van der Waals surface area contributed by atoms with Gasteiger partial charge in [0.05, 0.1) is 93.6 Å². The van der Waals surface area contributed by atoms with E-state index in [1.165, 1.54) is 37.4 Å². The number of nitrogens with two attached hydrogens (primary N) is 1. The summed E-state index contributed by atoms with van der Waals surface area (Å²) in [4.78, 5) is 201. The third-order valence-corrected chi connectivity index (χ3v) is 17.3. The van der Waals surface area contributed by atoms with E-state index < -0.39 is 293 Å². The molecule has 0 aliphatic heterocycles. The Morgan fingerprint density at radius 2 is 0.929 bits per heavy atom. The van der Waals surface area contributed by atoms with Gasteiger partial charge < -0.3 is 145 Å². The number of aromatic amines is 1. The van der Waals surface area contributed by atoms with Crippen molar-refractivity contribution in [1.82, 2.24) is 46.5 Å². The van der Waals surface area contributed by atoms with E-state index in [0.717, 1.165) is 6.92 Å². The molecule has 47 nitrogen and oxygen atoms in total. The van der Waals surface area contributed by atoms with Crippen LogP contribution in [0.15, 0.2) is 35.3 Å². The highest BCUT2D eigenvalue weighted by atomic mass is 32.1. The topological polar surface area (TPSA) is 834 Å². The van der Waals surface area contributed by atoms with Crippen molar-refractivity contribution in [3.05, 3.63) is 52.1 Å². The number of hydrogen-bond acceptors (Lipinski definition) is 37. The van der Waals surface area contributed by atoms with E-state index in [2.05, 4.69) is 43.2 Å². The Bertz CT molecular complexity index is 3790. The van der Waals surface area contributed by atoms with Gasteiger partial charge in [-0.05, 0) is 30.7 Å². The molecule has 5 amide bonds. The van der Waals surface area contributed by atoms with Crippen molar-refractivity contribution in [2.24, 2.45) is 23.7 Å². The molecule has 0 aliphatic carbocycles. The summed E-state index contributed by atoms with van der Waals surface area (Å²) in [6.45, 7) is -1.89. The summed E-state index contributed by atoms with van der Waals surface area (Å²) < 4.78 is 0. The Kier molecular flexibility index (Phi) is 41.6. The number of aliphatic carboxylic acids is 5. The number of carboxylic acid groups (broad SMARTS) is 5. The van der Waals surface area contributed by atoms with E-state index in [1.54, 1.807) is 0 Å². The van der Waals surface area contributed by atoms with E-state index in [9.17, 15) is 159 Å². The lowest BCUT2D eigenvalue weighted by Crippen LogP contribution is -2.57. The molecule has 0 saturated carbocycles. The zero-order valence-corrected chi connectivity index (χ0v) is 60.4. The maximum Gasteiger partial charge on any atom is 0.326 e. The van der Waals surface area contributed by atoms with Crippen molar-refractivity contribution in [2.75, 3.05) is 43.2 Å². The fraction of sp³-hybridized carbons (Fsp3) is 0.594. The molecule has 112 heavy (non-hydrogen) atoms. The van der Waals surface area contributed by atoms with E-state index in [4.69, 9.17) is 26.2 Å². The lowest BCUT2D eigenvalue weighted by Gasteiger charge is -2.30. The maximum atomic E-state index is 13.4. The molecule has 1 aromatic carbocycles. The molecular weight excluding hydrogens is 1530 g/mol. The number of aliphatic hydroxyl groups is 16. The lowest BCUT2D eigenvalue weighted by atomic mass is 9.87. The average molecular weight is 1620 g/mol. The second-order valence-corrected chi connectivity index (χ2v) is 25.8. The zero-order chi connectivity index (χ0) is 85.5. The van der Waals surface area contributed by atoms with Crippen LogP contribution in [0.4, 0.5) is 11.6 Å². The Morgan fingerprint density at radius 3 is 1.33 bits per heavy atom. The molecule has 0 aliphatic rings. The number of H-pyrrole nitrogens is 1. The van der Waals surface area contributed by atoms with Crippen molar-refractivity contribution < 1.29 is 174 Å². The van der Waals surface area contributed by atoms with Crippen LogP contribution in [0, 0.1) is 23.7 Å². The van der Waals surface area contributed by atoms with Crippen molar-refractivity contribution in [3.8, 4) is 0 Å². The maximum absolute atomic E-state index is 13.4. The number of rotatable bonds is 51. The minimum absolute atomic E-state index is 0.00600. The summed E-state index contributed by atoms with van der Waals surface area (Å²) >= 11 is 3.80. The summed E-state index contributed by atoms with van der Waals surface area (Å²) in [5.74, 6) is -26.3. The van der Waals surface area contributed by atoms with Gasteiger partial charge in [-0.15, -0.1) is 0 Å². The monoisotopic (exact) mass is 1620 g/mol. The van der Waals surface area contributed by atoms with Crippen LogP contribution in [0.5, 0.6) is 0 Å². The fourth-order valence-electron chi connectivity index (χ4n) is 10.2. The van der Waals surface area contributed by atoms with Crippen LogP contribution < -0.4 is 43.2 Å². The molecule has 3 aromatic rings. The van der Waals surface area contributed by atoms with Crippen LogP contribution in [0.1, 0.15) is 87.7 Å². The average Bonchev–Trinajstić information content (AvgIpc) is 0.817. The quantitative estimate of drug-likeness (QED) is 0.0233. The number of hydrogen-bond donors (Lipinski definition) is 30. The predicted molar refractivity (Wildman–Crippen MR) is 374 cm³/mol. The Morgan fingerprint density at radius 1 is 0.500 bits per heavy atom. The number of nitrogens with zero attached hydrogens (tertiary/aromatic N) is 3. The number of nitrogens with one attached hydrogen (secondary N) is 7. The largest absolute Gasteiger partial charge is 0.481 e. The second kappa shape index (κ2) is 47.5. The third kappa shape index (κ3) is 30.7. The minimum atomic E-state index is -2.39. The van der Waals surface area contributed by atoms with Crippen LogP contribution in [-0.2, 0) is 68.9 Å². The highest BCUT2D eigenvalue weighted by Crippen LogP contribution is 2.23. The fourth-order valence-corrected chi connectivity index (χ4v) is 10.5. The number of aromatic nitrogens is 4. The number of aliphatic hydroxyl groups excluding tert-OH is 16. The normalized spacial score (nSPS) is 17.1. The first-order chi connectivity index (χ1) is 52.3. The Hall–Kier alpha value is -9.87. The molecule has 3 rings (SSSR count). The molecule has 0 radical (unpaired) electrons. The summed E-state index contributed by atoms with van der Waals surface area (Å²) in [6.07, 6.45) is -32.7. The lowest BCUT2D eigenvalue weighted by molar-refractivity contribution is -0.149. The van der Waals surface area contributed by atoms with Crippen LogP contribution >= 0.6 is 12.6 Å². The summed E-state index contributed by atoms with van der Waals surface area (Å²) in [5.41, 5.74) is 5.76. The van der Waals surface area contributed by atoms with E-state index in [1.807, 2.05) is 21.3 Å². The Labute approximate surface area is 637 Å². The third-order valence-electron chi connectivity index (χ3n) is 16.9. The molecule has 21 atom stereocenters. The number of nitrogen functional groups attached to an aromatic ring is 1. The molecule has 1 unspecified atom stereocenters. The van der Waals surface area contributed by atoms with Gasteiger partial charge in [0.1, 0.15) is 103 Å².